The van der Waals surface area contributed by atoms with Gasteiger partial charge >= 0.3 is 0 Å². The van der Waals surface area contributed by atoms with Crippen molar-refractivity contribution in [3.8, 4) is 0 Å². The minimum Gasteiger partial charge on any atom is -0.339 e. The van der Waals surface area contributed by atoms with E-state index in [2.05, 4.69) is 13.5 Å². The number of amides is 1. The fraction of sp³-hybridized carbons (Fsp3) is 0.500. The molecule has 0 aromatic rings. The van der Waals surface area contributed by atoms with Crippen molar-refractivity contribution in [2.75, 3.05) is 13.1 Å². The zero-order valence-corrected chi connectivity index (χ0v) is 10.3. The summed E-state index contributed by atoms with van der Waals surface area (Å²) in [6.45, 7) is 9.57. The zero-order chi connectivity index (χ0) is 12.0. The van der Waals surface area contributed by atoms with E-state index in [1.54, 1.807) is 12.2 Å². The molecule has 1 rings (SSSR count). The van der Waals surface area contributed by atoms with Crippen LogP contribution in [-0.4, -0.2) is 23.9 Å². The minimum absolute atomic E-state index is 0.130. The van der Waals surface area contributed by atoms with Gasteiger partial charge in [-0.2, -0.15) is 0 Å². The molecule has 0 saturated carbocycles. The van der Waals surface area contributed by atoms with Crippen molar-refractivity contribution in [1.82, 2.24) is 4.90 Å². The second-order valence-electron chi connectivity index (χ2n) is 4.33. The number of rotatable bonds is 3. The van der Waals surface area contributed by atoms with Crippen LogP contribution in [0.15, 0.2) is 36.5 Å². The molecule has 1 saturated heterocycles. The van der Waals surface area contributed by atoms with E-state index < -0.39 is 0 Å². The Bertz CT molecular complexity index is 307. The highest BCUT2D eigenvalue weighted by atomic mass is 16.2. The molecule has 0 radical (unpaired) electrons. The summed E-state index contributed by atoms with van der Waals surface area (Å²) >= 11 is 0. The van der Waals surface area contributed by atoms with Crippen LogP contribution in [0.5, 0.6) is 0 Å². The van der Waals surface area contributed by atoms with E-state index >= 15 is 0 Å². The predicted octanol–water partition coefficient (Wildman–Crippen LogP) is 2.93. The van der Waals surface area contributed by atoms with Crippen molar-refractivity contribution in [1.29, 1.82) is 0 Å². The molecular weight excluding hydrogens is 198 g/mol. The first-order valence-corrected chi connectivity index (χ1v) is 5.93. The average Bonchev–Trinajstić information content (AvgIpc) is 2.29. The highest BCUT2D eigenvalue weighted by Crippen LogP contribution is 2.18. The Kier molecular flexibility index (Phi) is 5.03. The molecular formula is C14H21NO. The summed E-state index contributed by atoms with van der Waals surface area (Å²) in [5, 5.41) is 0. The Balaban J connectivity index is 2.68. The Hall–Kier alpha value is -1.31. The van der Waals surface area contributed by atoms with Crippen LogP contribution in [0.25, 0.3) is 0 Å². The molecule has 16 heavy (non-hydrogen) atoms. The monoisotopic (exact) mass is 219 g/mol. The van der Waals surface area contributed by atoms with Gasteiger partial charge in [0.1, 0.15) is 0 Å². The Morgan fingerprint density at radius 2 is 2.00 bits per heavy atom. The summed E-state index contributed by atoms with van der Waals surface area (Å²) in [6.07, 6.45) is 9.41. The highest BCUT2D eigenvalue weighted by molar-refractivity contribution is 5.96. The maximum atomic E-state index is 12.1. The van der Waals surface area contributed by atoms with Gasteiger partial charge in [0.25, 0.3) is 5.91 Å². The van der Waals surface area contributed by atoms with Crippen LogP contribution in [-0.2, 0) is 4.79 Å². The number of carbonyl (C=O) groups is 1. The van der Waals surface area contributed by atoms with Crippen molar-refractivity contribution in [3.05, 3.63) is 36.5 Å². The molecule has 0 atom stereocenters. The van der Waals surface area contributed by atoms with Crippen molar-refractivity contribution >= 4 is 5.91 Å². The second kappa shape index (κ2) is 6.31. The lowest BCUT2D eigenvalue weighted by molar-refractivity contribution is -0.128. The SMILES string of the molecule is C=C/C=C(\C=C/C)C(=O)N1CCC(C)CC1. The first-order valence-electron chi connectivity index (χ1n) is 5.93. The molecule has 0 N–H and O–H groups in total. The second-order valence-corrected chi connectivity index (χ2v) is 4.33. The number of carbonyl (C=O) groups excluding carboxylic acids is 1. The topological polar surface area (TPSA) is 20.3 Å². The van der Waals surface area contributed by atoms with E-state index in [-0.39, 0.29) is 5.91 Å². The van der Waals surface area contributed by atoms with Crippen molar-refractivity contribution < 1.29 is 4.79 Å². The van der Waals surface area contributed by atoms with Gasteiger partial charge in [-0.05, 0) is 25.7 Å². The molecule has 1 heterocycles. The van der Waals surface area contributed by atoms with E-state index in [1.165, 1.54) is 0 Å². The number of hydrogen-bond donors (Lipinski definition) is 0. The lowest BCUT2D eigenvalue weighted by atomic mass is 9.98. The van der Waals surface area contributed by atoms with E-state index in [4.69, 9.17) is 0 Å². The van der Waals surface area contributed by atoms with E-state index in [0.717, 1.165) is 37.4 Å². The number of allylic oxidation sites excluding steroid dienone is 3. The summed E-state index contributed by atoms with van der Waals surface area (Å²) in [5.74, 6) is 0.877. The fourth-order valence-electron chi connectivity index (χ4n) is 1.90. The Morgan fingerprint density at radius 3 is 2.50 bits per heavy atom. The van der Waals surface area contributed by atoms with Crippen LogP contribution < -0.4 is 0 Å². The molecule has 0 spiro atoms. The summed E-state index contributed by atoms with van der Waals surface area (Å²) in [4.78, 5) is 14.1. The molecule has 0 aromatic carbocycles. The molecule has 1 amide bonds. The molecule has 0 bridgehead atoms. The van der Waals surface area contributed by atoms with Crippen LogP contribution in [0.4, 0.5) is 0 Å². The van der Waals surface area contributed by atoms with Crippen LogP contribution in [0.2, 0.25) is 0 Å². The molecule has 88 valence electrons. The van der Waals surface area contributed by atoms with Gasteiger partial charge in [-0.3, -0.25) is 4.79 Å². The van der Waals surface area contributed by atoms with Gasteiger partial charge in [0, 0.05) is 18.7 Å². The normalized spacial score (nSPS) is 19.1. The molecule has 0 aromatic heterocycles. The van der Waals surface area contributed by atoms with Crippen molar-refractivity contribution in [2.45, 2.75) is 26.7 Å². The molecule has 2 nitrogen and oxygen atoms in total. The first kappa shape index (κ1) is 12.8. The smallest absolute Gasteiger partial charge is 0.253 e. The zero-order valence-electron chi connectivity index (χ0n) is 10.3. The van der Waals surface area contributed by atoms with E-state index in [9.17, 15) is 4.79 Å². The average molecular weight is 219 g/mol. The van der Waals surface area contributed by atoms with Gasteiger partial charge in [0.2, 0.25) is 0 Å². The van der Waals surface area contributed by atoms with Gasteiger partial charge in [0.15, 0.2) is 0 Å². The molecule has 2 heteroatoms. The van der Waals surface area contributed by atoms with Crippen LogP contribution in [0.1, 0.15) is 26.7 Å². The molecule has 1 aliphatic rings. The van der Waals surface area contributed by atoms with Crippen molar-refractivity contribution in [2.24, 2.45) is 5.92 Å². The maximum absolute atomic E-state index is 12.1. The summed E-state index contributed by atoms with van der Waals surface area (Å²) < 4.78 is 0. The first-order chi connectivity index (χ1) is 7.69. The predicted molar refractivity (Wildman–Crippen MR) is 68.1 cm³/mol. The van der Waals surface area contributed by atoms with Gasteiger partial charge in [0.05, 0.1) is 0 Å². The summed E-state index contributed by atoms with van der Waals surface area (Å²) in [6, 6.07) is 0. The standard InChI is InChI=1S/C14H21NO/c1-4-6-13(7-5-2)14(16)15-10-8-12(3)9-11-15/h4-7,12H,1,8-11H2,2-3H3/b7-5-,13-6+. The minimum atomic E-state index is 0.130. The third-order valence-corrected chi connectivity index (χ3v) is 2.96. The van der Waals surface area contributed by atoms with Crippen LogP contribution in [0, 0.1) is 5.92 Å². The Morgan fingerprint density at radius 1 is 1.38 bits per heavy atom. The summed E-state index contributed by atoms with van der Waals surface area (Å²) in [5.41, 5.74) is 0.729. The number of likely N-dealkylation sites (tertiary alicyclic amines) is 1. The lowest BCUT2D eigenvalue weighted by Crippen LogP contribution is -2.38. The van der Waals surface area contributed by atoms with Crippen LogP contribution >= 0.6 is 0 Å². The van der Waals surface area contributed by atoms with Crippen LogP contribution in [0.3, 0.4) is 0 Å². The van der Waals surface area contributed by atoms with Crippen molar-refractivity contribution in [3.63, 3.8) is 0 Å². The molecule has 0 unspecified atom stereocenters. The fourth-order valence-corrected chi connectivity index (χ4v) is 1.90. The van der Waals surface area contributed by atoms with E-state index in [0.29, 0.717) is 0 Å². The maximum Gasteiger partial charge on any atom is 0.253 e. The number of piperidine rings is 1. The number of nitrogens with zero attached hydrogens (tertiary/aromatic N) is 1. The third kappa shape index (κ3) is 3.37. The van der Waals surface area contributed by atoms with Gasteiger partial charge in [-0.25, -0.2) is 0 Å². The largest absolute Gasteiger partial charge is 0.339 e. The number of hydrogen-bond acceptors (Lipinski definition) is 1. The summed E-state index contributed by atoms with van der Waals surface area (Å²) in [7, 11) is 0. The van der Waals surface area contributed by atoms with Gasteiger partial charge in [-0.15, -0.1) is 0 Å². The Labute approximate surface area is 98.3 Å². The highest BCUT2D eigenvalue weighted by Gasteiger charge is 2.21. The third-order valence-electron chi connectivity index (χ3n) is 2.96. The van der Waals surface area contributed by atoms with E-state index in [1.807, 2.05) is 24.0 Å². The van der Waals surface area contributed by atoms with Gasteiger partial charge < -0.3 is 4.90 Å². The van der Waals surface area contributed by atoms with Gasteiger partial charge in [-0.1, -0.05) is 37.8 Å². The quantitative estimate of drug-likeness (QED) is 0.528. The lowest BCUT2D eigenvalue weighted by Gasteiger charge is -2.30. The molecule has 1 fully saturated rings. The molecule has 0 aliphatic carbocycles. The molecule has 1 aliphatic heterocycles.